The number of piperidine rings is 1. The van der Waals surface area contributed by atoms with Crippen molar-refractivity contribution in [2.45, 2.75) is 44.2 Å². The highest BCUT2D eigenvalue weighted by Gasteiger charge is 2.34. The van der Waals surface area contributed by atoms with Gasteiger partial charge in [0.1, 0.15) is 5.75 Å². The van der Waals surface area contributed by atoms with Crippen molar-refractivity contribution in [3.8, 4) is 5.75 Å². The third-order valence-corrected chi connectivity index (χ3v) is 4.72. The number of methoxy groups -OCH3 is 1. The summed E-state index contributed by atoms with van der Waals surface area (Å²) in [5.74, 6) is 1.16. The van der Waals surface area contributed by atoms with Crippen molar-refractivity contribution in [1.82, 2.24) is 5.32 Å². The van der Waals surface area contributed by atoms with E-state index in [1.54, 1.807) is 25.3 Å². The highest BCUT2D eigenvalue weighted by molar-refractivity contribution is 6.31. The minimum absolute atomic E-state index is 0.0434. The molecule has 1 aromatic rings. The second-order valence-corrected chi connectivity index (χ2v) is 6.51. The third-order valence-electron chi connectivity index (χ3n) is 4.48. The molecular weight excluding hydrogens is 288 g/mol. The number of carbonyl (C=O) groups excluding carboxylic acids is 1. The van der Waals surface area contributed by atoms with E-state index in [0.29, 0.717) is 40.9 Å². The number of anilines is 1. The van der Waals surface area contributed by atoms with Crippen molar-refractivity contribution in [3.63, 3.8) is 0 Å². The largest absolute Gasteiger partial charge is 0.495 e. The molecule has 0 saturated carbocycles. The highest BCUT2D eigenvalue weighted by Crippen LogP contribution is 2.33. The fourth-order valence-electron chi connectivity index (χ4n) is 3.58. The molecule has 2 unspecified atom stereocenters. The average Bonchev–Trinajstić information content (AvgIpc) is 2.78. The van der Waals surface area contributed by atoms with Crippen LogP contribution in [0.4, 0.5) is 5.69 Å². The van der Waals surface area contributed by atoms with Gasteiger partial charge in [-0.25, -0.2) is 0 Å². The molecule has 0 radical (unpaired) electrons. The van der Waals surface area contributed by atoms with Gasteiger partial charge in [-0.3, -0.25) is 4.79 Å². The SMILES string of the molecule is COc1ccc(Cl)cc1NC(=O)CC1CC2CCC(C1)N2. The van der Waals surface area contributed by atoms with Crippen LogP contribution in [0.3, 0.4) is 0 Å². The lowest BCUT2D eigenvalue weighted by atomic mass is 9.89. The van der Waals surface area contributed by atoms with Crippen LogP contribution in [-0.2, 0) is 4.79 Å². The van der Waals surface area contributed by atoms with Crippen LogP contribution in [0.15, 0.2) is 18.2 Å². The van der Waals surface area contributed by atoms with Crippen LogP contribution in [0.5, 0.6) is 5.75 Å². The number of hydrogen-bond donors (Lipinski definition) is 2. The molecule has 114 valence electrons. The monoisotopic (exact) mass is 308 g/mol. The summed E-state index contributed by atoms with van der Waals surface area (Å²) in [6, 6.07) is 6.47. The number of hydrogen-bond acceptors (Lipinski definition) is 3. The summed E-state index contributed by atoms with van der Waals surface area (Å²) in [5, 5.41) is 7.12. The van der Waals surface area contributed by atoms with Gasteiger partial charge in [0.25, 0.3) is 0 Å². The summed E-state index contributed by atoms with van der Waals surface area (Å²) in [5.41, 5.74) is 0.645. The molecule has 1 amide bonds. The molecule has 0 aliphatic carbocycles. The van der Waals surface area contributed by atoms with Gasteiger partial charge in [0, 0.05) is 23.5 Å². The molecule has 2 atom stereocenters. The van der Waals surface area contributed by atoms with Gasteiger partial charge in [-0.1, -0.05) is 11.6 Å². The van der Waals surface area contributed by atoms with E-state index >= 15 is 0 Å². The van der Waals surface area contributed by atoms with Crippen LogP contribution in [0, 0.1) is 5.92 Å². The first-order chi connectivity index (χ1) is 10.1. The van der Waals surface area contributed by atoms with E-state index < -0.39 is 0 Å². The normalized spacial score (nSPS) is 27.4. The molecule has 21 heavy (non-hydrogen) atoms. The quantitative estimate of drug-likeness (QED) is 0.898. The first-order valence-electron chi connectivity index (χ1n) is 7.53. The Balaban J connectivity index is 1.60. The Morgan fingerprint density at radius 3 is 2.76 bits per heavy atom. The zero-order valence-corrected chi connectivity index (χ0v) is 13.0. The van der Waals surface area contributed by atoms with E-state index in [1.807, 2.05) is 0 Å². The van der Waals surface area contributed by atoms with Gasteiger partial charge in [0.05, 0.1) is 12.8 Å². The number of benzene rings is 1. The van der Waals surface area contributed by atoms with Crippen LogP contribution in [0.2, 0.25) is 5.02 Å². The lowest BCUT2D eigenvalue weighted by Crippen LogP contribution is -2.39. The van der Waals surface area contributed by atoms with E-state index in [1.165, 1.54) is 12.8 Å². The third kappa shape index (κ3) is 3.50. The van der Waals surface area contributed by atoms with Crippen LogP contribution < -0.4 is 15.4 Å². The van der Waals surface area contributed by atoms with Crippen molar-refractivity contribution in [3.05, 3.63) is 23.2 Å². The molecule has 2 heterocycles. The number of rotatable bonds is 4. The summed E-state index contributed by atoms with van der Waals surface area (Å²) in [6.45, 7) is 0. The molecule has 2 N–H and O–H groups in total. The Morgan fingerprint density at radius 2 is 2.10 bits per heavy atom. The highest BCUT2D eigenvalue weighted by atomic mass is 35.5. The molecule has 3 rings (SSSR count). The van der Waals surface area contributed by atoms with E-state index in [-0.39, 0.29) is 5.91 Å². The van der Waals surface area contributed by atoms with Crippen molar-refractivity contribution >= 4 is 23.2 Å². The van der Waals surface area contributed by atoms with Gasteiger partial charge in [0.15, 0.2) is 0 Å². The van der Waals surface area contributed by atoms with E-state index in [2.05, 4.69) is 10.6 Å². The smallest absolute Gasteiger partial charge is 0.224 e. The zero-order chi connectivity index (χ0) is 14.8. The maximum atomic E-state index is 12.3. The number of carbonyl (C=O) groups is 1. The fourth-order valence-corrected chi connectivity index (χ4v) is 3.76. The molecule has 1 aromatic carbocycles. The number of amides is 1. The molecular formula is C16H21ClN2O2. The second kappa shape index (κ2) is 6.24. The van der Waals surface area contributed by atoms with Crippen LogP contribution >= 0.6 is 11.6 Å². The van der Waals surface area contributed by atoms with E-state index in [4.69, 9.17) is 16.3 Å². The summed E-state index contributed by atoms with van der Waals surface area (Å²) in [7, 11) is 1.59. The molecule has 5 heteroatoms. The molecule has 2 aliphatic rings. The number of nitrogens with one attached hydrogen (secondary N) is 2. The Morgan fingerprint density at radius 1 is 1.38 bits per heavy atom. The number of halogens is 1. The average molecular weight is 309 g/mol. The van der Waals surface area contributed by atoms with Gasteiger partial charge in [0.2, 0.25) is 5.91 Å². The summed E-state index contributed by atoms with van der Waals surface area (Å²) in [4.78, 5) is 12.3. The Bertz CT molecular complexity index is 523. The van der Waals surface area contributed by atoms with Gasteiger partial charge >= 0.3 is 0 Å². The Kier molecular flexibility index (Phi) is 4.36. The first kappa shape index (κ1) is 14.7. The minimum Gasteiger partial charge on any atom is -0.495 e. The van der Waals surface area contributed by atoms with E-state index in [9.17, 15) is 4.79 Å². The molecule has 2 saturated heterocycles. The van der Waals surface area contributed by atoms with E-state index in [0.717, 1.165) is 12.8 Å². The van der Waals surface area contributed by atoms with Gasteiger partial charge in [-0.2, -0.15) is 0 Å². The van der Waals surface area contributed by atoms with Crippen LogP contribution in [0.1, 0.15) is 32.1 Å². The lowest BCUT2D eigenvalue weighted by molar-refractivity contribution is -0.117. The maximum Gasteiger partial charge on any atom is 0.224 e. The lowest BCUT2D eigenvalue weighted by Gasteiger charge is -2.28. The predicted octanol–water partition coefficient (Wildman–Crippen LogP) is 3.21. The molecule has 4 nitrogen and oxygen atoms in total. The summed E-state index contributed by atoms with van der Waals surface area (Å²) >= 11 is 5.98. The fraction of sp³-hybridized carbons (Fsp3) is 0.562. The molecule has 0 aromatic heterocycles. The summed E-state index contributed by atoms with van der Waals surface area (Å²) in [6.07, 6.45) is 5.30. The Labute approximate surface area is 130 Å². The first-order valence-corrected chi connectivity index (χ1v) is 7.91. The van der Waals surface area contributed by atoms with Crippen molar-refractivity contribution in [2.75, 3.05) is 12.4 Å². The number of fused-ring (bicyclic) bond motifs is 2. The van der Waals surface area contributed by atoms with Gasteiger partial charge < -0.3 is 15.4 Å². The van der Waals surface area contributed by atoms with Crippen LogP contribution in [-0.4, -0.2) is 25.1 Å². The van der Waals surface area contributed by atoms with Crippen molar-refractivity contribution in [2.24, 2.45) is 5.92 Å². The number of ether oxygens (including phenoxy) is 1. The van der Waals surface area contributed by atoms with Gasteiger partial charge in [-0.15, -0.1) is 0 Å². The van der Waals surface area contributed by atoms with Crippen LogP contribution in [0.25, 0.3) is 0 Å². The summed E-state index contributed by atoms with van der Waals surface area (Å²) < 4.78 is 5.25. The Hall–Kier alpha value is -1.26. The predicted molar refractivity (Wildman–Crippen MR) is 83.9 cm³/mol. The van der Waals surface area contributed by atoms with Crippen molar-refractivity contribution < 1.29 is 9.53 Å². The van der Waals surface area contributed by atoms with Gasteiger partial charge in [-0.05, 0) is 49.8 Å². The zero-order valence-electron chi connectivity index (χ0n) is 12.2. The second-order valence-electron chi connectivity index (χ2n) is 6.07. The molecule has 0 spiro atoms. The molecule has 2 fully saturated rings. The minimum atomic E-state index is 0.0434. The standard InChI is InChI=1S/C16H21ClN2O2/c1-21-15-5-2-11(17)9-14(15)19-16(20)8-10-6-12-3-4-13(7-10)18-12/h2,5,9-10,12-13,18H,3-4,6-8H2,1H3,(H,19,20). The molecule has 2 bridgehead atoms. The molecule has 2 aliphatic heterocycles. The topological polar surface area (TPSA) is 50.4 Å². The maximum absolute atomic E-state index is 12.3. The van der Waals surface area contributed by atoms with Crippen molar-refractivity contribution in [1.29, 1.82) is 0 Å².